The average Bonchev–Trinajstić information content (AvgIpc) is 2.75. The van der Waals surface area contributed by atoms with Gasteiger partial charge in [0.05, 0.1) is 24.7 Å². The van der Waals surface area contributed by atoms with Gasteiger partial charge in [-0.1, -0.05) is 6.58 Å². The minimum Gasteiger partial charge on any atom is -0.378 e. The van der Waals surface area contributed by atoms with Gasteiger partial charge in [0.2, 0.25) is 21.8 Å². The summed E-state index contributed by atoms with van der Waals surface area (Å²) >= 11 is 0. The minimum absolute atomic E-state index is 0.0572. The molecule has 0 unspecified atom stereocenters. The Morgan fingerprint density at radius 2 is 1.66 bits per heavy atom. The molecular weight excluding hydrogens is 396 g/mol. The Morgan fingerprint density at radius 1 is 1.03 bits per heavy atom. The van der Waals surface area contributed by atoms with Crippen LogP contribution in [0.4, 0.5) is 5.69 Å². The number of piperazine rings is 1. The van der Waals surface area contributed by atoms with Gasteiger partial charge in [-0.2, -0.15) is 4.31 Å². The summed E-state index contributed by atoms with van der Waals surface area (Å²) in [4.78, 5) is 27.6. The van der Waals surface area contributed by atoms with Crippen molar-refractivity contribution >= 4 is 27.5 Å². The van der Waals surface area contributed by atoms with Crippen LogP contribution >= 0.6 is 0 Å². The van der Waals surface area contributed by atoms with Crippen LogP contribution in [0.2, 0.25) is 0 Å². The number of rotatable bonds is 6. The fourth-order valence-electron chi connectivity index (χ4n) is 3.28. The van der Waals surface area contributed by atoms with Crippen molar-refractivity contribution in [1.29, 1.82) is 0 Å². The van der Waals surface area contributed by atoms with Crippen molar-refractivity contribution < 1.29 is 22.7 Å². The lowest BCUT2D eigenvalue weighted by Crippen LogP contribution is -2.52. The normalized spacial score (nSPS) is 19.0. The summed E-state index contributed by atoms with van der Waals surface area (Å²) in [6.07, 6.45) is 1.15. The van der Waals surface area contributed by atoms with E-state index >= 15 is 0 Å². The van der Waals surface area contributed by atoms with Gasteiger partial charge in [0, 0.05) is 45.0 Å². The van der Waals surface area contributed by atoms with E-state index in [2.05, 4.69) is 11.9 Å². The largest absolute Gasteiger partial charge is 0.378 e. The van der Waals surface area contributed by atoms with Gasteiger partial charge >= 0.3 is 0 Å². The third-order valence-electron chi connectivity index (χ3n) is 5.00. The van der Waals surface area contributed by atoms with E-state index in [1.54, 1.807) is 17.0 Å². The number of hydrogen-bond donors (Lipinski definition) is 1. The van der Waals surface area contributed by atoms with E-state index in [4.69, 9.17) is 4.74 Å². The predicted octanol–water partition coefficient (Wildman–Crippen LogP) is -0.0238. The highest BCUT2D eigenvalue weighted by Gasteiger charge is 2.30. The van der Waals surface area contributed by atoms with Gasteiger partial charge in [-0.3, -0.25) is 14.5 Å². The summed E-state index contributed by atoms with van der Waals surface area (Å²) in [5.41, 5.74) is 0.500. The quantitative estimate of drug-likeness (QED) is 0.647. The van der Waals surface area contributed by atoms with Crippen LogP contribution in [0.25, 0.3) is 0 Å². The second-order valence-corrected chi connectivity index (χ2v) is 8.83. The molecule has 0 spiro atoms. The Kier molecular flexibility index (Phi) is 7.01. The third kappa shape index (κ3) is 5.41. The van der Waals surface area contributed by atoms with Gasteiger partial charge in [0.1, 0.15) is 0 Å². The number of carbonyl (C=O) groups is 2. The first kappa shape index (κ1) is 21.4. The molecule has 0 radical (unpaired) electrons. The third-order valence-corrected chi connectivity index (χ3v) is 6.91. The van der Waals surface area contributed by atoms with Crippen LogP contribution in [0.3, 0.4) is 0 Å². The van der Waals surface area contributed by atoms with E-state index < -0.39 is 10.0 Å². The number of morpholine rings is 1. The summed E-state index contributed by atoms with van der Waals surface area (Å²) < 4.78 is 32.4. The van der Waals surface area contributed by atoms with E-state index in [1.807, 2.05) is 4.90 Å². The van der Waals surface area contributed by atoms with Crippen LogP contribution in [-0.2, 0) is 24.3 Å². The van der Waals surface area contributed by atoms with E-state index in [0.29, 0.717) is 64.7 Å². The SMILES string of the molecule is C=CC(=O)Nc1ccc(S(=O)(=O)N2CCN(CC(=O)N3CCOCC3)CC2)cc1. The lowest BCUT2D eigenvalue weighted by atomic mass is 10.3. The van der Waals surface area contributed by atoms with Crippen molar-refractivity contribution in [2.24, 2.45) is 0 Å². The van der Waals surface area contributed by atoms with Gasteiger partial charge < -0.3 is 15.0 Å². The second kappa shape index (κ2) is 9.49. The zero-order chi connectivity index (χ0) is 20.9. The number of anilines is 1. The molecule has 29 heavy (non-hydrogen) atoms. The first-order valence-electron chi connectivity index (χ1n) is 9.51. The molecule has 2 saturated heterocycles. The van der Waals surface area contributed by atoms with E-state index in [-0.39, 0.29) is 16.7 Å². The monoisotopic (exact) mass is 422 g/mol. The number of hydrogen-bond acceptors (Lipinski definition) is 6. The van der Waals surface area contributed by atoms with E-state index in [1.165, 1.54) is 16.4 Å². The highest BCUT2D eigenvalue weighted by Crippen LogP contribution is 2.20. The molecule has 0 bridgehead atoms. The van der Waals surface area contributed by atoms with Gasteiger partial charge in [-0.25, -0.2) is 8.42 Å². The molecule has 10 heteroatoms. The Morgan fingerprint density at radius 3 is 2.24 bits per heavy atom. The summed E-state index contributed by atoms with van der Waals surface area (Å²) in [5, 5.41) is 2.58. The minimum atomic E-state index is -3.62. The molecule has 0 aromatic heterocycles. The highest BCUT2D eigenvalue weighted by atomic mass is 32.2. The molecule has 1 aromatic rings. The molecule has 0 atom stereocenters. The topological polar surface area (TPSA) is 99.3 Å². The van der Waals surface area contributed by atoms with E-state index in [9.17, 15) is 18.0 Å². The van der Waals surface area contributed by atoms with Crippen molar-refractivity contribution in [1.82, 2.24) is 14.1 Å². The summed E-state index contributed by atoms with van der Waals surface area (Å²) in [5.74, 6) is -0.301. The molecular formula is C19H26N4O5S. The highest BCUT2D eigenvalue weighted by molar-refractivity contribution is 7.89. The maximum atomic E-state index is 12.9. The number of benzene rings is 1. The lowest BCUT2D eigenvalue weighted by molar-refractivity contribution is -0.136. The Balaban J connectivity index is 1.54. The molecule has 1 N–H and O–H groups in total. The fourth-order valence-corrected chi connectivity index (χ4v) is 4.71. The number of nitrogens with zero attached hydrogens (tertiary/aromatic N) is 3. The number of sulfonamides is 1. The van der Waals surface area contributed by atoms with Crippen LogP contribution < -0.4 is 5.32 Å². The van der Waals surface area contributed by atoms with Crippen LogP contribution in [-0.4, -0.2) is 93.4 Å². The van der Waals surface area contributed by atoms with Gasteiger partial charge in [0.15, 0.2) is 0 Å². The van der Waals surface area contributed by atoms with Gasteiger partial charge in [-0.05, 0) is 30.3 Å². The van der Waals surface area contributed by atoms with Crippen molar-refractivity contribution in [2.75, 3.05) is 64.3 Å². The number of nitrogens with one attached hydrogen (secondary N) is 1. The Bertz CT molecular complexity index is 842. The molecule has 2 aliphatic rings. The molecule has 2 amide bonds. The van der Waals surface area contributed by atoms with Crippen LogP contribution in [0, 0.1) is 0 Å². The van der Waals surface area contributed by atoms with Crippen LogP contribution in [0.1, 0.15) is 0 Å². The maximum Gasteiger partial charge on any atom is 0.247 e. The maximum absolute atomic E-state index is 12.9. The molecule has 2 fully saturated rings. The molecule has 158 valence electrons. The Hall–Kier alpha value is -2.27. The number of ether oxygens (including phenoxy) is 1. The van der Waals surface area contributed by atoms with Gasteiger partial charge in [0.25, 0.3) is 0 Å². The van der Waals surface area contributed by atoms with Crippen molar-refractivity contribution in [3.63, 3.8) is 0 Å². The Labute approximate surface area is 171 Å². The lowest BCUT2D eigenvalue weighted by Gasteiger charge is -2.35. The summed E-state index contributed by atoms with van der Waals surface area (Å²) in [6.45, 7) is 7.68. The molecule has 2 aliphatic heterocycles. The fraction of sp³-hybridized carbons (Fsp3) is 0.474. The molecule has 0 saturated carbocycles. The van der Waals surface area contributed by atoms with Crippen LogP contribution in [0.15, 0.2) is 41.8 Å². The first-order chi connectivity index (χ1) is 13.9. The number of amides is 2. The molecule has 1 aromatic carbocycles. The first-order valence-corrected chi connectivity index (χ1v) is 11.0. The molecule has 9 nitrogen and oxygen atoms in total. The van der Waals surface area contributed by atoms with Crippen molar-refractivity contribution in [3.05, 3.63) is 36.9 Å². The van der Waals surface area contributed by atoms with Crippen molar-refractivity contribution in [3.8, 4) is 0 Å². The zero-order valence-electron chi connectivity index (χ0n) is 16.2. The summed E-state index contributed by atoms with van der Waals surface area (Å²) in [7, 11) is -3.62. The molecule has 0 aliphatic carbocycles. The average molecular weight is 423 g/mol. The molecule has 2 heterocycles. The van der Waals surface area contributed by atoms with Crippen LogP contribution in [0.5, 0.6) is 0 Å². The smallest absolute Gasteiger partial charge is 0.247 e. The summed E-state index contributed by atoms with van der Waals surface area (Å²) in [6, 6.07) is 6.04. The van der Waals surface area contributed by atoms with Crippen molar-refractivity contribution in [2.45, 2.75) is 4.90 Å². The van der Waals surface area contributed by atoms with E-state index in [0.717, 1.165) is 6.08 Å². The predicted molar refractivity (Wildman–Crippen MR) is 108 cm³/mol. The number of carbonyl (C=O) groups excluding carboxylic acids is 2. The van der Waals surface area contributed by atoms with Gasteiger partial charge in [-0.15, -0.1) is 0 Å². The standard InChI is InChI=1S/C19H26N4O5S/c1-2-18(24)20-16-3-5-17(6-4-16)29(26,27)23-9-7-21(8-10-23)15-19(25)22-11-13-28-14-12-22/h2-6H,1,7-15H2,(H,20,24). The second-order valence-electron chi connectivity index (χ2n) is 6.89. The zero-order valence-corrected chi connectivity index (χ0v) is 17.1. The molecule has 3 rings (SSSR count).